The van der Waals surface area contributed by atoms with Gasteiger partial charge in [-0.1, -0.05) is 23.7 Å². The van der Waals surface area contributed by atoms with E-state index in [1.165, 1.54) is 17.3 Å². The lowest BCUT2D eigenvalue weighted by atomic mass is 10.1. The van der Waals surface area contributed by atoms with Crippen LogP contribution in [-0.4, -0.2) is 22.1 Å². The van der Waals surface area contributed by atoms with Crippen LogP contribution in [0.25, 0.3) is 0 Å². The molecule has 1 heterocycles. The fourth-order valence-electron chi connectivity index (χ4n) is 1.70. The zero-order chi connectivity index (χ0) is 14.5. The van der Waals surface area contributed by atoms with Crippen molar-refractivity contribution in [3.63, 3.8) is 0 Å². The van der Waals surface area contributed by atoms with Crippen LogP contribution in [0, 0.1) is 0 Å². The standard InChI is InChI=1S/C14H14ClN3OS/c1-9(10-3-5-11(20-2)6-4-10)17-14(19)12-7-16-8-13(15)18-12/h3-9H,1-2H3,(H,17,19). The van der Waals surface area contributed by atoms with Crippen molar-refractivity contribution in [2.24, 2.45) is 0 Å². The minimum absolute atomic E-state index is 0.112. The molecule has 2 rings (SSSR count). The fourth-order valence-corrected chi connectivity index (χ4v) is 2.25. The van der Waals surface area contributed by atoms with Gasteiger partial charge in [0.05, 0.1) is 18.4 Å². The van der Waals surface area contributed by atoms with Gasteiger partial charge in [0.15, 0.2) is 0 Å². The number of nitrogens with one attached hydrogen (secondary N) is 1. The highest BCUT2D eigenvalue weighted by atomic mass is 35.5. The summed E-state index contributed by atoms with van der Waals surface area (Å²) in [6, 6.07) is 7.95. The number of nitrogens with zero attached hydrogens (tertiary/aromatic N) is 2. The van der Waals surface area contributed by atoms with E-state index >= 15 is 0 Å². The van der Waals surface area contributed by atoms with Crippen LogP contribution in [0.4, 0.5) is 0 Å². The van der Waals surface area contributed by atoms with Crippen LogP contribution in [0.5, 0.6) is 0 Å². The first-order valence-electron chi connectivity index (χ1n) is 6.02. The lowest BCUT2D eigenvalue weighted by Gasteiger charge is -2.14. The smallest absolute Gasteiger partial charge is 0.272 e. The molecule has 1 aromatic carbocycles. The van der Waals surface area contributed by atoms with Crippen LogP contribution >= 0.6 is 23.4 Å². The van der Waals surface area contributed by atoms with Crippen LogP contribution in [0.3, 0.4) is 0 Å². The van der Waals surface area contributed by atoms with Crippen molar-refractivity contribution in [1.82, 2.24) is 15.3 Å². The summed E-state index contributed by atoms with van der Waals surface area (Å²) in [5.74, 6) is -0.290. The second-order valence-electron chi connectivity index (χ2n) is 4.20. The molecule has 1 atom stereocenters. The van der Waals surface area contributed by atoms with E-state index in [2.05, 4.69) is 15.3 Å². The molecule has 104 valence electrons. The molecule has 1 amide bonds. The minimum Gasteiger partial charge on any atom is -0.344 e. The van der Waals surface area contributed by atoms with Crippen molar-refractivity contribution in [2.75, 3.05) is 6.26 Å². The summed E-state index contributed by atoms with van der Waals surface area (Å²) in [7, 11) is 0. The molecule has 0 fully saturated rings. The molecular weight excluding hydrogens is 294 g/mol. The summed E-state index contributed by atoms with van der Waals surface area (Å²) in [4.78, 5) is 21.0. The minimum atomic E-state index is -0.290. The van der Waals surface area contributed by atoms with Crippen molar-refractivity contribution in [1.29, 1.82) is 0 Å². The Kier molecular flexibility index (Phi) is 4.98. The number of benzene rings is 1. The highest BCUT2D eigenvalue weighted by Crippen LogP contribution is 2.19. The molecular formula is C14H14ClN3OS. The highest BCUT2D eigenvalue weighted by Gasteiger charge is 2.13. The van der Waals surface area contributed by atoms with Gasteiger partial charge in [-0.25, -0.2) is 4.98 Å². The van der Waals surface area contributed by atoms with Gasteiger partial charge >= 0.3 is 0 Å². The molecule has 2 aromatic rings. The number of aromatic nitrogens is 2. The Morgan fingerprint density at radius 1 is 1.30 bits per heavy atom. The number of rotatable bonds is 4. The SMILES string of the molecule is CSc1ccc(C(C)NC(=O)c2cncc(Cl)n2)cc1. The van der Waals surface area contributed by atoms with Crippen molar-refractivity contribution >= 4 is 29.3 Å². The second kappa shape index (κ2) is 6.72. The maximum Gasteiger partial charge on any atom is 0.272 e. The van der Waals surface area contributed by atoms with Gasteiger partial charge in [-0.05, 0) is 30.9 Å². The van der Waals surface area contributed by atoms with Crippen molar-refractivity contribution in [3.05, 3.63) is 53.1 Å². The first-order valence-corrected chi connectivity index (χ1v) is 7.63. The van der Waals surface area contributed by atoms with Gasteiger partial charge in [0, 0.05) is 4.90 Å². The number of amides is 1. The normalized spacial score (nSPS) is 11.9. The summed E-state index contributed by atoms with van der Waals surface area (Å²) in [5, 5.41) is 3.07. The summed E-state index contributed by atoms with van der Waals surface area (Å²) in [5.41, 5.74) is 1.25. The average Bonchev–Trinajstić information content (AvgIpc) is 2.47. The topological polar surface area (TPSA) is 54.9 Å². The van der Waals surface area contributed by atoms with Crippen LogP contribution < -0.4 is 5.32 Å². The predicted molar refractivity (Wildman–Crippen MR) is 81.1 cm³/mol. The number of thioether (sulfide) groups is 1. The van der Waals surface area contributed by atoms with E-state index in [9.17, 15) is 4.79 Å². The lowest BCUT2D eigenvalue weighted by Crippen LogP contribution is -2.27. The fraction of sp³-hybridized carbons (Fsp3) is 0.214. The second-order valence-corrected chi connectivity index (χ2v) is 5.46. The van der Waals surface area contributed by atoms with Crippen LogP contribution in [0.1, 0.15) is 29.0 Å². The molecule has 1 unspecified atom stereocenters. The van der Waals surface area contributed by atoms with Gasteiger partial charge in [-0.3, -0.25) is 9.78 Å². The first kappa shape index (κ1) is 14.8. The zero-order valence-electron chi connectivity index (χ0n) is 11.1. The third-order valence-electron chi connectivity index (χ3n) is 2.80. The van der Waals surface area contributed by atoms with E-state index in [4.69, 9.17) is 11.6 Å². The average molecular weight is 308 g/mol. The molecule has 0 saturated heterocycles. The van der Waals surface area contributed by atoms with Crippen LogP contribution in [0.15, 0.2) is 41.6 Å². The Morgan fingerprint density at radius 3 is 2.60 bits per heavy atom. The molecule has 0 bridgehead atoms. The summed E-state index contributed by atoms with van der Waals surface area (Å²) >= 11 is 7.40. The molecule has 0 aliphatic rings. The summed E-state index contributed by atoms with van der Waals surface area (Å²) < 4.78 is 0. The Morgan fingerprint density at radius 2 is 2.00 bits per heavy atom. The van der Waals surface area contributed by atoms with E-state index in [1.54, 1.807) is 11.8 Å². The van der Waals surface area contributed by atoms with Gasteiger partial charge in [0.2, 0.25) is 0 Å². The maximum atomic E-state index is 12.0. The van der Waals surface area contributed by atoms with Gasteiger partial charge in [-0.15, -0.1) is 11.8 Å². The van der Waals surface area contributed by atoms with Crippen molar-refractivity contribution in [3.8, 4) is 0 Å². The Labute approximate surface area is 127 Å². The van der Waals surface area contributed by atoms with Crippen LogP contribution in [0.2, 0.25) is 5.15 Å². The number of carbonyl (C=O) groups is 1. The number of carbonyl (C=O) groups excluding carboxylic acids is 1. The molecule has 6 heteroatoms. The maximum absolute atomic E-state index is 12.0. The van der Waals surface area contributed by atoms with Gasteiger partial charge in [0.1, 0.15) is 10.8 Å². The molecule has 20 heavy (non-hydrogen) atoms. The van der Waals surface area contributed by atoms with Gasteiger partial charge < -0.3 is 5.32 Å². The van der Waals surface area contributed by atoms with E-state index < -0.39 is 0 Å². The third kappa shape index (κ3) is 3.71. The van der Waals surface area contributed by atoms with Gasteiger partial charge in [-0.2, -0.15) is 0 Å². The molecule has 4 nitrogen and oxygen atoms in total. The van der Waals surface area contributed by atoms with Crippen LogP contribution in [-0.2, 0) is 0 Å². The summed E-state index contributed by atoms with van der Waals surface area (Å²) in [6.07, 6.45) is 4.81. The Balaban J connectivity index is 2.06. The monoisotopic (exact) mass is 307 g/mol. The Bertz CT molecular complexity index is 604. The molecule has 0 aliphatic carbocycles. The lowest BCUT2D eigenvalue weighted by molar-refractivity contribution is 0.0934. The molecule has 0 spiro atoms. The van der Waals surface area contributed by atoms with Crippen molar-refractivity contribution < 1.29 is 4.79 Å². The molecule has 0 radical (unpaired) electrons. The summed E-state index contributed by atoms with van der Waals surface area (Å²) in [6.45, 7) is 1.92. The first-order chi connectivity index (χ1) is 9.60. The predicted octanol–water partition coefficient (Wildman–Crippen LogP) is 3.34. The molecule has 0 saturated carbocycles. The Hall–Kier alpha value is -1.59. The number of halogens is 1. The van der Waals surface area contributed by atoms with Crippen molar-refractivity contribution in [2.45, 2.75) is 17.9 Å². The highest BCUT2D eigenvalue weighted by molar-refractivity contribution is 7.98. The molecule has 1 aromatic heterocycles. The van der Waals surface area contributed by atoms with E-state index in [0.29, 0.717) is 0 Å². The molecule has 0 aliphatic heterocycles. The van der Waals surface area contributed by atoms with E-state index in [1.807, 2.05) is 37.4 Å². The quantitative estimate of drug-likeness (QED) is 0.880. The van der Waals surface area contributed by atoms with E-state index in [-0.39, 0.29) is 22.8 Å². The number of hydrogen-bond donors (Lipinski definition) is 1. The third-order valence-corrected chi connectivity index (χ3v) is 3.73. The molecule has 1 N–H and O–H groups in total. The number of hydrogen-bond acceptors (Lipinski definition) is 4. The zero-order valence-corrected chi connectivity index (χ0v) is 12.7. The van der Waals surface area contributed by atoms with Gasteiger partial charge in [0.25, 0.3) is 5.91 Å². The van der Waals surface area contributed by atoms with E-state index in [0.717, 1.165) is 5.56 Å². The largest absolute Gasteiger partial charge is 0.344 e.